The molecule has 0 saturated heterocycles. The van der Waals surface area contributed by atoms with Crippen molar-refractivity contribution in [3.8, 4) is 11.6 Å². The molecule has 0 atom stereocenters. The van der Waals surface area contributed by atoms with Crippen molar-refractivity contribution in [2.75, 3.05) is 7.11 Å². The lowest BCUT2D eigenvalue weighted by Crippen LogP contribution is -2.24. The van der Waals surface area contributed by atoms with Gasteiger partial charge in [-0.25, -0.2) is 9.97 Å². The van der Waals surface area contributed by atoms with Crippen LogP contribution >= 0.6 is 0 Å². The highest BCUT2D eigenvalue weighted by molar-refractivity contribution is 5.78. The maximum atomic E-state index is 12.1. The van der Waals surface area contributed by atoms with E-state index in [-0.39, 0.29) is 5.91 Å². The Hall–Kier alpha value is -3.15. The monoisotopic (exact) mass is 322 g/mol. The summed E-state index contributed by atoms with van der Waals surface area (Å²) in [5.41, 5.74) is 1.93. The zero-order valence-electron chi connectivity index (χ0n) is 13.3. The van der Waals surface area contributed by atoms with E-state index in [0.717, 1.165) is 22.7 Å². The molecular weight excluding hydrogens is 304 g/mol. The minimum absolute atomic E-state index is 0.0267. The van der Waals surface area contributed by atoms with E-state index in [4.69, 9.17) is 4.74 Å². The van der Waals surface area contributed by atoms with Crippen molar-refractivity contribution < 1.29 is 9.53 Å². The quantitative estimate of drug-likeness (QED) is 0.755. The lowest BCUT2D eigenvalue weighted by Gasteiger charge is -2.08. The van der Waals surface area contributed by atoms with Crippen molar-refractivity contribution in [2.24, 2.45) is 0 Å². The molecule has 2 heterocycles. The number of carbonyl (C=O) groups is 1. The van der Waals surface area contributed by atoms with Crippen molar-refractivity contribution in [1.29, 1.82) is 0 Å². The minimum Gasteiger partial charge on any atom is -0.497 e. The van der Waals surface area contributed by atoms with Gasteiger partial charge >= 0.3 is 0 Å². The second-order valence-corrected chi connectivity index (χ2v) is 5.29. The van der Waals surface area contributed by atoms with Crippen LogP contribution in [0.5, 0.6) is 5.75 Å². The number of amides is 1. The summed E-state index contributed by atoms with van der Waals surface area (Å²) in [5.74, 6) is 1.53. The average Bonchev–Trinajstić information content (AvgIpc) is 3.16. The van der Waals surface area contributed by atoms with Crippen molar-refractivity contribution in [3.63, 3.8) is 0 Å². The van der Waals surface area contributed by atoms with Crippen molar-refractivity contribution in [3.05, 3.63) is 72.4 Å². The molecule has 0 saturated carbocycles. The molecule has 3 aromatic rings. The van der Waals surface area contributed by atoms with Gasteiger partial charge in [0, 0.05) is 25.1 Å². The third-order valence-electron chi connectivity index (χ3n) is 3.59. The fourth-order valence-electron chi connectivity index (χ4n) is 2.30. The van der Waals surface area contributed by atoms with Crippen LogP contribution in [0.2, 0.25) is 0 Å². The molecule has 1 aromatic carbocycles. The van der Waals surface area contributed by atoms with Gasteiger partial charge in [-0.05, 0) is 35.4 Å². The van der Waals surface area contributed by atoms with E-state index in [2.05, 4.69) is 15.3 Å². The fraction of sp³-hybridized carbons (Fsp3) is 0.167. The molecule has 2 aromatic heterocycles. The Kier molecular flexibility index (Phi) is 4.86. The van der Waals surface area contributed by atoms with Crippen molar-refractivity contribution in [2.45, 2.75) is 13.0 Å². The van der Waals surface area contributed by atoms with Crippen LogP contribution in [0.3, 0.4) is 0 Å². The molecule has 122 valence electrons. The van der Waals surface area contributed by atoms with E-state index in [9.17, 15) is 4.79 Å². The molecule has 0 aliphatic heterocycles. The summed E-state index contributed by atoms with van der Waals surface area (Å²) < 4.78 is 6.93. The van der Waals surface area contributed by atoms with Crippen molar-refractivity contribution in [1.82, 2.24) is 19.9 Å². The van der Waals surface area contributed by atoms with Gasteiger partial charge in [-0.2, -0.15) is 0 Å². The summed E-state index contributed by atoms with van der Waals surface area (Å²) >= 11 is 0. The first-order valence-electron chi connectivity index (χ1n) is 7.57. The number of hydrogen-bond acceptors (Lipinski definition) is 4. The summed E-state index contributed by atoms with van der Waals surface area (Å²) in [7, 11) is 1.62. The van der Waals surface area contributed by atoms with E-state index >= 15 is 0 Å². The maximum absolute atomic E-state index is 12.1. The summed E-state index contributed by atoms with van der Waals surface area (Å²) in [6.45, 7) is 0.458. The van der Waals surface area contributed by atoms with Gasteiger partial charge in [0.1, 0.15) is 17.9 Å². The fourth-order valence-corrected chi connectivity index (χ4v) is 2.30. The molecule has 6 nitrogen and oxygen atoms in total. The molecule has 0 aliphatic rings. The lowest BCUT2D eigenvalue weighted by atomic mass is 10.1. The van der Waals surface area contributed by atoms with Gasteiger partial charge in [-0.15, -0.1) is 0 Å². The number of carbonyl (C=O) groups excluding carboxylic acids is 1. The predicted molar refractivity (Wildman–Crippen MR) is 89.9 cm³/mol. The van der Waals surface area contributed by atoms with Gasteiger partial charge < -0.3 is 10.1 Å². The molecular formula is C18H18N4O2. The van der Waals surface area contributed by atoms with Gasteiger partial charge in [0.15, 0.2) is 0 Å². The Morgan fingerprint density at radius 3 is 2.71 bits per heavy atom. The van der Waals surface area contributed by atoms with E-state index in [1.165, 1.54) is 0 Å². The molecule has 0 unspecified atom stereocenters. The van der Waals surface area contributed by atoms with Crippen LogP contribution < -0.4 is 10.1 Å². The number of rotatable bonds is 6. The Labute approximate surface area is 140 Å². The van der Waals surface area contributed by atoms with E-state index in [1.54, 1.807) is 25.8 Å². The molecule has 0 radical (unpaired) electrons. The van der Waals surface area contributed by atoms with Crippen molar-refractivity contribution >= 4 is 5.91 Å². The molecule has 3 rings (SSSR count). The number of ether oxygens (including phenoxy) is 1. The van der Waals surface area contributed by atoms with Crippen LogP contribution in [0.4, 0.5) is 0 Å². The number of hydrogen-bond donors (Lipinski definition) is 1. The van der Waals surface area contributed by atoms with Gasteiger partial charge in [-0.1, -0.05) is 12.1 Å². The smallest absolute Gasteiger partial charge is 0.224 e. The molecule has 1 N–H and O–H groups in total. The molecule has 24 heavy (non-hydrogen) atoms. The number of methoxy groups -OCH3 is 1. The van der Waals surface area contributed by atoms with Gasteiger partial charge in [0.25, 0.3) is 0 Å². The van der Waals surface area contributed by atoms with Gasteiger partial charge in [0.05, 0.1) is 13.5 Å². The normalized spacial score (nSPS) is 10.4. The van der Waals surface area contributed by atoms with Gasteiger partial charge in [0.2, 0.25) is 5.91 Å². The first-order valence-corrected chi connectivity index (χ1v) is 7.57. The highest BCUT2D eigenvalue weighted by atomic mass is 16.5. The molecule has 0 spiro atoms. The maximum Gasteiger partial charge on any atom is 0.224 e. The number of nitrogens with zero attached hydrogens (tertiary/aromatic N) is 3. The number of imidazole rings is 1. The molecule has 0 aliphatic carbocycles. The zero-order valence-corrected chi connectivity index (χ0v) is 13.3. The topological polar surface area (TPSA) is 69.0 Å². The standard InChI is InChI=1S/C18H18N4O2/c1-24-16-4-2-14(3-5-16)11-18(23)21-12-15-6-7-20-17(10-15)22-9-8-19-13-22/h2-10,13H,11-12H2,1H3,(H,21,23). The Morgan fingerprint density at radius 1 is 1.17 bits per heavy atom. The molecule has 0 bridgehead atoms. The number of aromatic nitrogens is 3. The van der Waals surface area contributed by atoms with E-state index in [0.29, 0.717) is 13.0 Å². The minimum atomic E-state index is -0.0267. The second-order valence-electron chi connectivity index (χ2n) is 5.29. The highest BCUT2D eigenvalue weighted by Crippen LogP contribution is 2.12. The zero-order chi connectivity index (χ0) is 16.8. The summed E-state index contributed by atoms with van der Waals surface area (Å²) in [4.78, 5) is 20.4. The lowest BCUT2D eigenvalue weighted by molar-refractivity contribution is -0.120. The predicted octanol–water partition coefficient (Wildman–Crippen LogP) is 2.13. The average molecular weight is 322 g/mol. The van der Waals surface area contributed by atoms with Crippen LogP contribution in [0.15, 0.2) is 61.3 Å². The van der Waals surface area contributed by atoms with Crippen LogP contribution in [0.1, 0.15) is 11.1 Å². The molecule has 0 fully saturated rings. The van der Waals surface area contributed by atoms with E-state index < -0.39 is 0 Å². The summed E-state index contributed by atoms with van der Waals surface area (Å²) in [6.07, 6.45) is 7.28. The number of pyridine rings is 1. The molecule has 6 heteroatoms. The van der Waals surface area contributed by atoms with Crippen LogP contribution in [-0.2, 0) is 17.8 Å². The number of nitrogens with one attached hydrogen (secondary N) is 1. The molecule has 1 amide bonds. The summed E-state index contributed by atoms with van der Waals surface area (Å²) in [6, 6.07) is 11.3. The van der Waals surface area contributed by atoms with Gasteiger partial charge in [-0.3, -0.25) is 9.36 Å². The third kappa shape index (κ3) is 3.98. The Balaban J connectivity index is 1.57. The number of benzene rings is 1. The highest BCUT2D eigenvalue weighted by Gasteiger charge is 2.05. The Bertz CT molecular complexity index is 798. The first kappa shape index (κ1) is 15.7. The summed E-state index contributed by atoms with van der Waals surface area (Å²) in [5, 5.41) is 2.93. The van der Waals surface area contributed by atoms with Crippen LogP contribution in [0, 0.1) is 0 Å². The largest absolute Gasteiger partial charge is 0.497 e. The first-order chi connectivity index (χ1) is 11.7. The third-order valence-corrected chi connectivity index (χ3v) is 3.59. The Morgan fingerprint density at radius 2 is 2.00 bits per heavy atom. The van der Waals surface area contributed by atoms with Crippen LogP contribution in [-0.4, -0.2) is 27.6 Å². The van der Waals surface area contributed by atoms with Crippen LogP contribution in [0.25, 0.3) is 5.82 Å². The second kappa shape index (κ2) is 7.41. The SMILES string of the molecule is COc1ccc(CC(=O)NCc2ccnc(-n3ccnc3)c2)cc1. The van der Waals surface area contributed by atoms with E-state index in [1.807, 2.05) is 47.2 Å².